The second-order valence-electron chi connectivity index (χ2n) is 6.74. The first kappa shape index (κ1) is 16.3. The number of amides is 1. The number of hydrogen-bond acceptors (Lipinski definition) is 5. The van der Waals surface area contributed by atoms with Crippen molar-refractivity contribution in [3.05, 3.63) is 46.9 Å². The highest BCUT2D eigenvalue weighted by atomic mass is 16.1. The first-order valence-corrected chi connectivity index (χ1v) is 8.56. The van der Waals surface area contributed by atoms with Crippen LogP contribution < -0.4 is 10.6 Å². The number of aromatic nitrogens is 3. The number of nitrogens with one attached hydrogen (secondary N) is 3. The summed E-state index contributed by atoms with van der Waals surface area (Å²) in [5, 5.41) is 6.96. The summed E-state index contributed by atoms with van der Waals surface area (Å²) in [4.78, 5) is 28.5. The van der Waals surface area contributed by atoms with E-state index in [1.54, 1.807) is 6.20 Å². The molecule has 0 radical (unpaired) electrons. The minimum atomic E-state index is -0.151. The molecule has 7 heteroatoms. The molecule has 0 unspecified atom stereocenters. The monoisotopic (exact) mass is 348 g/mol. The molecule has 3 aromatic rings. The van der Waals surface area contributed by atoms with E-state index in [4.69, 9.17) is 0 Å². The summed E-state index contributed by atoms with van der Waals surface area (Å²) < 4.78 is 0. The third-order valence-corrected chi connectivity index (χ3v) is 4.37. The van der Waals surface area contributed by atoms with Crippen LogP contribution >= 0.6 is 0 Å². The van der Waals surface area contributed by atoms with E-state index in [2.05, 4.69) is 42.7 Å². The van der Waals surface area contributed by atoms with Crippen LogP contribution in [0.15, 0.2) is 29.6 Å². The van der Waals surface area contributed by atoms with E-state index in [9.17, 15) is 4.79 Å². The van der Waals surface area contributed by atoms with Crippen LogP contribution in [-0.2, 0) is 6.54 Å². The minimum absolute atomic E-state index is 0.0479. The molecule has 4 rings (SSSR count). The van der Waals surface area contributed by atoms with Gasteiger partial charge in [0.15, 0.2) is 0 Å². The average molecular weight is 348 g/mol. The van der Waals surface area contributed by atoms with Crippen molar-refractivity contribution in [2.45, 2.75) is 33.4 Å². The lowest BCUT2D eigenvalue weighted by Gasteiger charge is -2.13. The quantitative estimate of drug-likeness (QED) is 0.675. The molecule has 0 aliphatic carbocycles. The van der Waals surface area contributed by atoms with Crippen LogP contribution in [0, 0.1) is 6.92 Å². The Labute approximate surface area is 151 Å². The fourth-order valence-electron chi connectivity index (χ4n) is 3.12. The number of hydrogen-bond donors (Lipinski definition) is 3. The van der Waals surface area contributed by atoms with Crippen molar-refractivity contribution in [2.24, 2.45) is 4.99 Å². The van der Waals surface area contributed by atoms with Gasteiger partial charge >= 0.3 is 0 Å². The third kappa shape index (κ3) is 2.81. The van der Waals surface area contributed by atoms with Gasteiger partial charge in [-0.25, -0.2) is 9.97 Å². The number of fused-ring (bicyclic) bond motifs is 2. The Kier molecular flexibility index (Phi) is 3.91. The maximum atomic E-state index is 12.5. The Bertz CT molecular complexity index is 1030. The average Bonchev–Trinajstić information content (AvgIpc) is 3.21. The zero-order chi connectivity index (χ0) is 18.3. The molecule has 0 fully saturated rings. The molecule has 1 aromatic carbocycles. The van der Waals surface area contributed by atoms with Crippen molar-refractivity contribution in [3.8, 4) is 0 Å². The summed E-state index contributed by atoms with van der Waals surface area (Å²) in [6.45, 7) is 6.63. The van der Waals surface area contributed by atoms with Gasteiger partial charge in [-0.3, -0.25) is 9.79 Å². The normalized spacial score (nSPS) is 12.6. The SMILES string of the molecule is Cc1cc2c(cc1Nc1ncnc3[nH]cc(C(=O)NC(C)C)c13)C=NC2. The topological polar surface area (TPSA) is 95.1 Å². The molecule has 1 amide bonds. The van der Waals surface area contributed by atoms with E-state index in [-0.39, 0.29) is 11.9 Å². The zero-order valence-electron chi connectivity index (χ0n) is 14.9. The van der Waals surface area contributed by atoms with Gasteiger partial charge in [-0.15, -0.1) is 0 Å². The van der Waals surface area contributed by atoms with E-state index < -0.39 is 0 Å². The molecule has 0 bridgehead atoms. The summed E-state index contributed by atoms with van der Waals surface area (Å²) in [5.41, 5.74) is 5.52. The summed E-state index contributed by atoms with van der Waals surface area (Å²) in [7, 11) is 0. The lowest BCUT2D eigenvalue weighted by molar-refractivity contribution is 0.0945. The first-order chi connectivity index (χ1) is 12.5. The largest absolute Gasteiger partial charge is 0.350 e. The number of nitrogens with zero attached hydrogens (tertiary/aromatic N) is 3. The van der Waals surface area contributed by atoms with Crippen molar-refractivity contribution >= 4 is 34.7 Å². The first-order valence-electron chi connectivity index (χ1n) is 8.56. The van der Waals surface area contributed by atoms with Crippen LogP contribution in [0.25, 0.3) is 11.0 Å². The van der Waals surface area contributed by atoms with Crippen LogP contribution in [-0.4, -0.2) is 33.1 Å². The standard InChI is InChI=1S/C19H20N6O/c1-10(2)24-19(26)14-8-21-17-16(14)18(23-9-22-17)25-15-5-13-7-20-6-12(13)4-11(15)3/h4-5,7-10H,6H2,1-3H3,(H,24,26)(H2,21,22,23,25). The Morgan fingerprint density at radius 2 is 2.12 bits per heavy atom. The fourth-order valence-corrected chi connectivity index (χ4v) is 3.12. The summed E-state index contributed by atoms with van der Waals surface area (Å²) in [6, 6.07) is 4.24. The molecule has 3 N–H and O–H groups in total. The molecule has 0 spiro atoms. The maximum absolute atomic E-state index is 12.5. The van der Waals surface area contributed by atoms with E-state index >= 15 is 0 Å². The molecule has 2 aromatic heterocycles. The number of aromatic amines is 1. The summed E-state index contributed by atoms with van der Waals surface area (Å²) in [6.07, 6.45) is 5.03. The predicted molar refractivity (Wildman–Crippen MR) is 102 cm³/mol. The van der Waals surface area contributed by atoms with Gasteiger partial charge in [0.25, 0.3) is 5.91 Å². The van der Waals surface area contributed by atoms with E-state index in [1.807, 2.05) is 27.0 Å². The van der Waals surface area contributed by atoms with Crippen molar-refractivity contribution in [3.63, 3.8) is 0 Å². The highest BCUT2D eigenvalue weighted by Gasteiger charge is 2.18. The molecule has 1 aliphatic heterocycles. The van der Waals surface area contributed by atoms with Crippen LogP contribution in [0.5, 0.6) is 0 Å². The van der Waals surface area contributed by atoms with Crippen LogP contribution in [0.1, 0.15) is 40.9 Å². The highest BCUT2D eigenvalue weighted by molar-refractivity contribution is 6.10. The Morgan fingerprint density at radius 3 is 2.92 bits per heavy atom. The molecule has 0 saturated carbocycles. The van der Waals surface area contributed by atoms with Crippen LogP contribution in [0.4, 0.5) is 11.5 Å². The second-order valence-corrected chi connectivity index (χ2v) is 6.74. The number of carbonyl (C=O) groups excluding carboxylic acids is 1. The molecular formula is C19H20N6O. The second kappa shape index (κ2) is 6.25. The van der Waals surface area contributed by atoms with Gasteiger partial charge in [0.05, 0.1) is 17.5 Å². The Morgan fingerprint density at radius 1 is 1.27 bits per heavy atom. The smallest absolute Gasteiger partial charge is 0.253 e. The molecule has 1 aliphatic rings. The predicted octanol–water partition coefficient (Wildman–Crippen LogP) is 3.08. The number of H-pyrrole nitrogens is 1. The van der Waals surface area contributed by atoms with E-state index in [1.165, 1.54) is 11.9 Å². The number of rotatable bonds is 4. The summed E-state index contributed by atoms with van der Waals surface area (Å²) in [5.74, 6) is 0.449. The van der Waals surface area contributed by atoms with Crippen molar-refractivity contribution in [2.75, 3.05) is 5.32 Å². The van der Waals surface area contributed by atoms with Crippen molar-refractivity contribution in [1.82, 2.24) is 20.3 Å². The van der Waals surface area contributed by atoms with Gasteiger partial charge in [0, 0.05) is 24.1 Å². The van der Waals surface area contributed by atoms with Gasteiger partial charge in [0.1, 0.15) is 17.8 Å². The number of carbonyl (C=O) groups is 1. The molecule has 132 valence electrons. The van der Waals surface area contributed by atoms with E-state index in [0.29, 0.717) is 22.4 Å². The number of anilines is 2. The maximum Gasteiger partial charge on any atom is 0.253 e. The Hall–Kier alpha value is -3.22. The molecule has 3 heterocycles. The lowest BCUT2D eigenvalue weighted by Crippen LogP contribution is -2.30. The molecule has 0 saturated heterocycles. The molecule has 0 atom stereocenters. The Balaban J connectivity index is 1.76. The van der Waals surface area contributed by atoms with Crippen LogP contribution in [0.3, 0.4) is 0 Å². The van der Waals surface area contributed by atoms with Gasteiger partial charge < -0.3 is 15.6 Å². The van der Waals surface area contributed by atoms with Gasteiger partial charge in [-0.05, 0) is 43.5 Å². The molecule has 26 heavy (non-hydrogen) atoms. The van der Waals surface area contributed by atoms with Crippen molar-refractivity contribution in [1.29, 1.82) is 0 Å². The minimum Gasteiger partial charge on any atom is -0.350 e. The zero-order valence-corrected chi connectivity index (χ0v) is 14.9. The number of benzene rings is 1. The van der Waals surface area contributed by atoms with Gasteiger partial charge in [0.2, 0.25) is 0 Å². The lowest BCUT2D eigenvalue weighted by atomic mass is 10.0. The number of aliphatic imine (C=N–C) groups is 1. The van der Waals surface area contributed by atoms with Crippen LogP contribution in [0.2, 0.25) is 0 Å². The van der Waals surface area contributed by atoms with Gasteiger partial charge in [-0.1, -0.05) is 6.07 Å². The highest BCUT2D eigenvalue weighted by Crippen LogP contribution is 2.30. The van der Waals surface area contributed by atoms with Gasteiger partial charge in [-0.2, -0.15) is 0 Å². The number of aryl methyl sites for hydroxylation is 1. The fraction of sp³-hybridized carbons (Fsp3) is 0.263. The third-order valence-electron chi connectivity index (χ3n) is 4.37. The summed E-state index contributed by atoms with van der Waals surface area (Å²) >= 11 is 0. The van der Waals surface area contributed by atoms with Crippen molar-refractivity contribution < 1.29 is 4.79 Å². The molecule has 7 nitrogen and oxygen atoms in total. The van der Waals surface area contributed by atoms with E-state index in [0.717, 1.165) is 23.4 Å². The molecular weight excluding hydrogens is 328 g/mol.